The molecule has 118 valence electrons. The van der Waals surface area contributed by atoms with Gasteiger partial charge in [-0.25, -0.2) is 15.4 Å². The molecule has 0 rings (SSSR count). The molecule has 0 heterocycles. The van der Waals surface area contributed by atoms with Gasteiger partial charge in [0.25, 0.3) is 0 Å². The molecule has 0 saturated carbocycles. The maximum absolute atomic E-state index is 12.0. The molecule has 0 fully saturated rings. The van der Waals surface area contributed by atoms with Crippen LogP contribution in [0.1, 0.15) is 0 Å². The fourth-order valence-corrected chi connectivity index (χ4v) is 1.31. The van der Waals surface area contributed by atoms with Gasteiger partial charge >= 0.3 is 12.1 Å². The van der Waals surface area contributed by atoms with Crippen LogP contribution in [0.5, 0.6) is 0 Å². The first-order chi connectivity index (χ1) is 9.53. The van der Waals surface area contributed by atoms with Crippen LogP contribution in [0.15, 0.2) is 0 Å². The van der Waals surface area contributed by atoms with Crippen LogP contribution < -0.4 is 5.84 Å². The van der Waals surface area contributed by atoms with Gasteiger partial charge in [-0.15, -0.1) is 0 Å². The van der Waals surface area contributed by atoms with Gasteiger partial charge in [0.1, 0.15) is 26.9 Å². The molecule has 0 radical (unpaired) electrons. The smallest absolute Gasteiger partial charge is 0.346 e. The number of carbonyl (C=O) groups excluding carboxylic acids is 2. The molecule has 0 aliphatic carbocycles. The van der Waals surface area contributed by atoms with Crippen LogP contribution in [0.4, 0.5) is 9.59 Å². The normalized spacial score (nSPS) is 10.2. The Morgan fingerprint density at radius 2 is 1.00 bits per heavy atom. The minimum atomic E-state index is -0.768. The number of methoxy groups -OCH3 is 4. The van der Waals surface area contributed by atoms with E-state index in [0.29, 0.717) is 5.01 Å². The number of imide groups is 1. The highest BCUT2D eigenvalue weighted by atomic mass is 16.5. The van der Waals surface area contributed by atoms with Crippen molar-refractivity contribution in [3.63, 3.8) is 0 Å². The summed E-state index contributed by atoms with van der Waals surface area (Å²) in [6.45, 7) is -0.269. The van der Waals surface area contributed by atoms with E-state index in [1.54, 1.807) is 0 Å². The first kappa shape index (κ1) is 18.5. The average molecular weight is 294 g/mol. The van der Waals surface area contributed by atoms with E-state index in [-0.39, 0.29) is 26.9 Å². The van der Waals surface area contributed by atoms with Gasteiger partial charge in [-0.05, 0) is 0 Å². The second-order valence-corrected chi connectivity index (χ2v) is 3.69. The summed E-state index contributed by atoms with van der Waals surface area (Å²) in [6, 6.07) is -1.54. The molecule has 0 unspecified atom stereocenters. The van der Waals surface area contributed by atoms with Crippen LogP contribution in [0.25, 0.3) is 0 Å². The number of carbonyl (C=O) groups is 2. The maximum atomic E-state index is 12.0. The third-order valence-corrected chi connectivity index (χ3v) is 2.09. The number of nitrogens with zero attached hydrogens (tertiary/aromatic N) is 3. The monoisotopic (exact) mass is 294 g/mol. The van der Waals surface area contributed by atoms with E-state index in [1.807, 2.05) is 0 Å². The summed E-state index contributed by atoms with van der Waals surface area (Å²) in [6.07, 6.45) is 0. The molecule has 0 aromatic carbocycles. The number of nitrogens with two attached hydrogens (primary N) is 1. The van der Waals surface area contributed by atoms with Crippen molar-refractivity contribution in [3.8, 4) is 0 Å². The Labute approximate surface area is 117 Å². The van der Waals surface area contributed by atoms with Gasteiger partial charge in [0.05, 0.1) is 0 Å². The first-order valence-electron chi connectivity index (χ1n) is 5.61. The van der Waals surface area contributed by atoms with Crippen molar-refractivity contribution in [3.05, 3.63) is 0 Å². The van der Waals surface area contributed by atoms with Gasteiger partial charge in [0.15, 0.2) is 0 Å². The van der Waals surface area contributed by atoms with Crippen molar-refractivity contribution in [1.82, 2.24) is 14.8 Å². The van der Waals surface area contributed by atoms with Crippen molar-refractivity contribution in [2.24, 2.45) is 5.84 Å². The van der Waals surface area contributed by atoms with E-state index in [1.165, 1.54) is 28.4 Å². The van der Waals surface area contributed by atoms with E-state index in [2.05, 4.69) is 0 Å². The molecule has 4 amide bonds. The van der Waals surface area contributed by atoms with Crippen LogP contribution in [-0.4, -0.2) is 82.2 Å². The zero-order chi connectivity index (χ0) is 15.5. The number of hydrazine groups is 1. The summed E-state index contributed by atoms with van der Waals surface area (Å²) in [5.74, 6) is 5.51. The summed E-state index contributed by atoms with van der Waals surface area (Å²) >= 11 is 0. The number of rotatable bonds is 8. The van der Waals surface area contributed by atoms with Gasteiger partial charge < -0.3 is 18.9 Å². The molecule has 2 N–H and O–H groups in total. The Hall–Kier alpha value is -1.46. The van der Waals surface area contributed by atoms with Gasteiger partial charge in [-0.1, -0.05) is 0 Å². The Morgan fingerprint density at radius 1 is 0.750 bits per heavy atom. The Morgan fingerprint density at radius 3 is 1.20 bits per heavy atom. The minimum absolute atomic E-state index is 0.0673. The highest BCUT2D eigenvalue weighted by Gasteiger charge is 2.27. The fraction of sp³-hybridized carbons (Fsp3) is 0.800. The number of amides is 4. The standard InChI is InChI=1S/C10H22N4O6/c1-17-5-12(6-18-2)9(15)14(11)10(16)13(7-19-3)8-20-4/h5-8,11H2,1-4H3. The quantitative estimate of drug-likeness (QED) is 0.276. The van der Waals surface area contributed by atoms with Crippen LogP contribution in [-0.2, 0) is 18.9 Å². The van der Waals surface area contributed by atoms with Gasteiger partial charge in [0.2, 0.25) is 0 Å². The Bertz CT molecular complexity index is 263. The number of ether oxygens (including phenoxy) is 4. The highest BCUT2D eigenvalue weighted by molar-refractivity contribution is 5.92. The summed E-state index contributed by atoms with van der Waals surface area (Å²) in [4.78, 5) is 26.2. The van der Waals surface area contributed by atoms with Crippen molar-refractivity contribution < 1.29 is 28.5 Å². The predicted octanol–water partition coefficient (Wildman–Crippen LogP) is -0.578. The molecular formula is C10H22N4O6. The van der Waals surface area contributed by atoms with Gasteiger partial charge in [-0.3, -0.25) is 9.80 Å². The molecule has 0 saturated heterocycles. The number of hydrogen-bond donors (Lipinski definition) is 1. The molecule has 0 aromatic rings. The summed E-state index contributed by atoms with van der Waals surface area (Å²) in [5.41, 5.74) is 0. The molecule has 10 nitrogen and oxygen atoms in total. The lowest BCUT2D eigenvalue weighted by Gasteiger charge is -2.29. The van der Waals surface area contributed by atoms with Crippen LogP contribution in [0, 0.1) is 0 Å². The zero-order valence-electron chi connectivity index (χ0n) is 12.2. The maximum Gasteiger partial charge on any atom is 0.346 e. The van der Waals surface area contributed by atoms with Crippen LogP contribution in [0.3, 0.4) is 0 Å². The topological polar surface area (TPSA) is 107 Å². The third kappa shape index (κ3) is 5.67. The third-order valence-electron chi connectivity index (χ3n) is 2.09. The lowest BCUT2D eigenvalue weighted by Crippen LogP contribution is -2.56. The summed E-state index contributed by atoms with van der Waals surface area (Å²) in [5, 5.41) is 0.441. The molecule has 0 aliphatic heterocycles. The number of hydrogen-bond acceptors (Lipinski definition) is 7. The van der Waals surface area contributed by atoms with Crippen molar-refractivity contribution >= 4 is 12.1 Å². The summed E-state index contributed by atoms with van der Waals surface area (Å²) in [7, 11) is 5.61. The van der Waals surface area contributed by atoms with E-state index in [4.69, 9.17) is 24.8 Å². The molecule has 0 atom stereocenters. The second-order valence-electron chi connectivity index (χ2n) is 3.69. The van der Waals surface area contributed by atoms with Crippen molar-refractivity contribution in [2.75, 3.05) is 55.4 Å². The Balaban J connectivity index is 4.76. The SMILES string of the molecule is COCN(COC)C(=O)N(N)C(=O)N(COC)COC. The molecule has 0 aliphatic rings. The molecular weight excluding hydrogens is 272 g/mol. The Kier molecular flexibility index (Phi) is 9.59. The van der Waals surface area contributed by atoms with Gasteiger partial charge in [0, 0.05) is 28.4 Å². The lowest BCUT2D eigenvalue weighted by atomic mass is 10.6. The molecule has 0 spiro atoms. The average Bonchev–Trinajstić information content (AvgIpc) is 2.44. The molecule has 20 heavy (non-hydrogen) atoms. The van der Waals surface area contributed by atoms with Crippen LogP contribution >= 0.6 is 0 Å². The second kappa shape index (κ2) is 10.3. The van der Waals surface area contributed by atoms with E-state index in [9.17, 15) is 9.59 Å². The fourth-order valence-electron chi connectivity index (χ4n) is 1.31. The molecule has 0 aromatic heterocycles. The first-order valence-corrected chi connectivity index (χ1v) is 5.61. The lowest BCUT2D eigenvalue weighted by molar-refractivity contribution is -0.00996. The minimum Gasteiger partial charge on any atom is -0.364 e. The zero-order valence-corrected chi connectivity index (χ0v) is 12.2. The number of urea groups is 2. The predicted molar refractivity (Wildman–Crippen MR) is 68.0 cm³/mol. The largest absolute Gasteiger partial charge is 0.364 e. The van der Waals surface area contributed by atoms with E-state index >= 15 is 0 Å². The highest BCUT2D eigenvalue weighted by Crippen LogP contribution is 2.01. The van der Waals surface area contributed by atoms with E-state index in [0.717, 1.165) is 9.80 Å². The molecule has 0 bridgehead atoms. The summed E-state index contributed by atoms with van der Waals surface area (Å²) < 4.78 is 19.3. The van der Waals surface area contributed by atoms with Crippen molar-refractivity contribution in [2.45, 2.75) is 0 Å². The van der Waals surface area contributed by atoms with Gasteiger partial charge in [-0.2, -0.15) is 5.01 Å². The molecule has 10 heteroatoms. The van der Waals surface area contributed by atoms with E-state index < -0.39 is 12.1 Å². The van der Waals surface area contributed by atoms with Crippen LogP contribution in [0.2, 0.25) is 0 Å². The van der Waals surface area contributed by atoms with Crippen molar-refractivity contribution in [1.29, 1.82) is 0 Å².